The molecule has 0 aliphatic rings. The maximum atomic E-state index is 5.38. The molecule has 0 radical (unpaired) electrons. The van der Waals surface area contributed by atoms with Crippen LogP contribution >= 0.6 is 0 Å². The molecule has 2 N–H and O–H groups in total. The Hall–Kier alpha value is -1.49. The molecule has 0 fully saturated rings. The second-order valence-corrected chi connectivity index (χ2v) is 1.65. The SMILES string of the molecule is C.C#Cc1cncc(N)c1. The van der Waals surface area contributed by atoms with Crippen molar-refractivity contribution >= 4 is 5.69 Å². The highest BCUT2D eigenvalue weighted by Gasteiger charge is 1.85. The van der Waals surface area contributed by atoms with Gasteiger partial charge < -0.3 is 5.73 Å². The molecular formula is C8H10N2. The highest BCUT2D eigenvalue weighted by atomic mass is 14.7. The monoisotopic (exact) mass is 134 g/mol. The summed E-state index contributed by atoms with van der Waals surface area (Å²) in [5, 5.41) is 0. The lowest BCUT2D eigenvalue weighted by Crippen LogP contribution is -1.86. The number of nitrogens with two attached hydrogens (primary N) is 1. The molecule has 52 valence electrons. The standard InChI is InChI=1S/C7H6N2.CH4/c1-2-6-3-7(8)5-9-4-6;/h1,3-5H,8H2;1H4. The molecule has 0 saturated carbocycles. The topological polar surface area (TPSA) is 38.9 Å². The fourth-order valence-corrected chi connectivity index (χ4v) is 0.537. The molecular weight excluding hydrogens is 124 g/mol. The summed E-state index contributed by atoms with van der Waals surface area (Å²) in [7, 11) is 0. The first kappa shape index (κ1) is 8.51. The van der Waals surface area contributed by atoms with Crippen molar-refractivity contribution in [1.82, 2.24) is 4.98 Å². The first-order valence-corrected chi connectivity index (χ1v) is 2.50. The van der Waals surface area contributed by atoms with E-state index in [9.17, 15) is 0 Å². The molecule has 2 heteroatoms. The largest absolute Gasteiger partial charge is 0.397 e. The van der Waals surface area contributed by atoms with Gasteiger partial charge in [-0.2, -0.15) is 0 Å². The van der Waals surface area contributed by atoms with Gasteiger partial charge in [0.2, 0.25) is 0 Å². The third-order valence-electron chi connectivity index (χ3n) is 0.926. The molecule has 0 amide bonds. The van der Waals surface area contributed by atoms with Crippen LogP contribution in [0.4, 0.5) is 5.69 Å². The lowest BCUT2D eigenvalue weighted by Gasteiger charge is -1.89. The van der Waals surface area contributed by atoms with Crippen molar-refractivity contribution in [3.05, 3.63) is 24.0 Å². The van der Waals surface area contributed by atoms with Gasteiger partial charge in [0.05, 0.1) is 5.69 Å². The van der Waals surface area contributed by atoms with E-state index in [4.69, 9.17) is 12.2 Å². The van der Waals surface area contributed by atoms with Crippen LogP contribution in [0.2, 0.25) is 0 Å². The number of pyridine rings is 1. The van der Waals surface area contributed by atoms with Gasteiger partial charge in [-0.25, -0.2) is 0 Å². The highest BCUT2D eigenvalue weighted by Crippen LogP contribution is 2.00. The summed E-state index contributed by atoms with van der Waals surface area (Å²) >= 11 is 0. The summed E-state index contributed by atoms with van der Waals surface area (Å²) in [5.41, 5.74) is 6.70. The van der Waals surface area contributed by atoms with Gasteiger partial charge in [0.25, 0.3) is 0 Å². The predicted octanol–water partition coefficient (Wildman–Crippen LogP) is 1.28. The summed E-state index contributed by atoms with van der Waals surface area (Å²) in [6, 6.07) is 1.70. The number of hydrogen-bond donors (Lipinski definition) is 1. The zero-order chi connectivity index (χ0) is 6.69. The molecule has 0 atom stereocenters. The molecule has 1 aromatic rings. The lowest BCUT2D eigenvalue weighted by atomic mass is 10.3. The van der Waals surface area contributed by atoms with Gasteiger partial charge in [-0.3, -0.25) is 4.98 Å². The van der Waals surface area contributed by atoms with Crippen LogP contribution in [0.25, 0.3) is 0 Å². The summed E-state index contributed by atoms with van der Waals surface area (Å²) in [6.45, 7) is 0. The van der Waals surface area contributed by atoms with Crippen LogP contribution in [-0.4, -0.2) is 4.98 Å². The minimum absolute atomic E-state index is 0. The number of aromatic nitrogens is 1. The van der Waals surface area contributed by atoms with E-state index in [0.717, 1.165) is 5.56 Å². The molecule has 0 bridgehead atoms. The van der Waals surface area contributed by atoms with Gasteiger partial charge in [-0.05, 0) is 6.07 Å². The van der Waals surface area contributed by atoms with E-state index in [1.54, 1.807) is 18.5 Å². The van der Waals surface area contributed by atoms with Crippen LogP contribution in [0.15, 0.2) is 18.5 Å². The van der Waals surface area contributed by atoms with Crippen molar-refractivity contribution in [2.75, 3.05) is 5.73 Å². The smallest absolute Gasteiger partial charge is 0.0513 e. The number of nitrogen functional groups attached to an aromatic ring is 1. The zero-order valence-electron chi connectivity index (χ0n) is 4.83. The van der Waals surface area contributed by atoms with Crippen molar-refractivity contribution < 1.29 is 0 Å². The van der Waals surface area contributed by atoms with E-state index < -0.39 is 0 Å². The van der Waals surface area contributed by atoms with Crippen LogP contribution in [-0.2, 0) is 0 Å². The van der Waals surface area contributed by atoms with Gasteiger partial charge in [0.1, 0.15) is 0 Å². The molecule has 1 aromatic heterocycles. The Kier molecular flexibility index (Phi) is 2.99. The van der Waals surface area contributed by atoms with Crippen LogP contribution in [0.5, 0.6) is 0 Å². The molecule has 2 nitrogen and oxygen atoms in total. The number of terminal acetylenes is 1. The molecule has 0 unspecified atom stereocenters. The first-order chi connectivity index (χ1) is 4.33. The number of anilines is 1. The molecule has 0 saturated heterocycles. The normalized spacial score (nSPS) is 7.50. The Morgan fingerprint density at radius 1 is 1.50 bits per heavy atom. The molecule has 1 heterocycles. The Morgan fingerprint density at radius 3 is 2.60 bits per heavy atom. The molecule has 0 spiro atoms. The Morgan fingerprint density at radius 2 is 2.20 bits per heavy atom. The molecule has 0 aliphatic heterocycles. The van der Waals surface area contributed by atoms with Gasteiger partial charge in [-0.1, -0.05) is 13.3 Å². The Balaban J connectivity index is 0.000000810. The van der Waals surface area contributed by atoms with E-state index in [2.05, 4.69) is 10.9 Å². The minimum Gasteiger partial charge on any atom is -0.397 e. The first-order valence-electron chi connectivity index (χ1n) is 2.50. The van der Waals surface area contributed by atoms with Crippen LogP contribution in [0.3, 0.4) is 0 Å². The molecule has 1 rings (SSSR count). The Labute approximate surface area is 61.1 Å². The average molecular weight is 134 g/mol. The van der Waals surface area contributed by atoms with E-state index in [1.807, 2.05) is 0 Å². The van der Waals surface area contributed by atoms with E-state index >= 15 is 0 Å². The fraction of sp³-hybridized carbons (Fsp3) is 0.125. The number of nitrogens with zero attached hydrogens (tertiary/aromatic N) is 1. The lowest BCUT2D eigenvalue weighted by molar-refractivity contribution is 1.32. The van der Waals surface area contributed by atoms with Gasteiger partial charge in [0.15, 0.2) is 0 Å². The summed E-state index contributed by atoms with van der Waals surface area (Å²) in [6.07, 6.45) is 8.22. The second-order valence-electron chi connectivity index (χ2n) is 1.65. The molecule has 0 aromatic carbocycles. The van der Waals surface area contributed by atoms with Gasteiger partial charge >= 0.3 is 0 Å². The maximum Gasteiger partial charge on any atom is 0.0513 e. The third kappa shape index (κ3) is 1.79. The van der Waals surface area contributed by atoms with Crippen molar-refractivity contribution in [3.8, 4) is 12.3 Å². The maximum absolute atomic E-state index is 5.38. The van der Waals surface area contributed by atoms with E-state index in [1.165, 1.54) is 0 Å². The molecule has 0 aliphatic carbocycles. The van der Waals surface area contributed by atoms with E-state index in [-0.39, 0.29) is 7.43 Å². The molecule has 10 heavy (non-hydrogen) atoms. The van der Waals surface area contributed by atoms with Crippen LogP contribution in [0.1, 0.15) is 13.0 Å². The minimum atomic E-state index is 0. The number of hydrogen-bond acceptors (Lipinski definition) is 2. The third-order valence-corrected chi connectivity index (χ3v) is 0.926. The van der Waals surface area contributed by atoms with E-state index in [0.29, 0.717) is 5.69 Å². The summed E-state index contributed by atoms with van der Waals surface area (Å²) in [4.78, 5) is 3.79. The summed E-state index contributed by atoms with van der Waals surface area (Å²) < 4.78 is 0. The predicted molar refractivity (Wildman–Crippen MR) is 43.3 cm³/mol. The number of rotatable bonds is 0. The van der Waals surface area contributed by atoms with Gasteiger partial charge in [0, 0.05) is 18.0 Å². The summed E-state index contributed by atoms with van der Waals surface area (Å²) in [5.74, 6) is 2.43. The van der Waals surface area contributed by atoms with Crippen molar-refractivity contribution in [2.45, 2.75) is 7.43 Å². The fourth-order valence-electron chi connectivity index (χ4n) is 0.537. The van der Waals surface area contributed by atoms with Crippen molar-refractivity contribution in [2.24, 2.45) is 0 Å². The average Bonchev–Trinajstić information content (AvgIpc) is 1.88. The second kappa shape index (κ2) is 3.52. The van der Waals surface area contributed by atoms with Crippen LogP contribution < -0.4 is 5.73 Å². The Bertz CT molecular complexity index is 248. The van der Waals surface area contributed by atoms with Crippen molar-refractivity contribution in [1.29, 1.82) is 0 Å². The van der Waals surface area contributed by atoms with Crippen LogP contribution in [0, 0.1) is 12.3 Å². The highest BCUT2D eigenvalue weighted by molar-refractivity contribution is 5.42. The zero-order valence-corrected chi connectivity index (χ0v) is 4.83. The van der Waals surface area contributed by atoms with Crippen molar-refractivity contribution in [3.63, 3.8) is 0 Å². The van der Waals surface area contributed by atoms with Gasteiger partial charge in [-0.15, -0.1) is 6.42 Å². The quantitative estimate of drug-likeness (QED) is 0.543.